The van der Waals surface area contributed by atoms with Crippen LogP contribution < -0.4 is 10.5 Å². The van der Waals surface area contributed by atoms with Gasteiger partial charge in [0, 0.05) is 10.2 Å². The molecule has 0 atom stereocenters. The van der Waals surface area contributed by atoms with E-state index in [9.17, 15) is 0 Å². The highest BCUT2D eigenvalue weighted by molar-refractivity contribution is 9.10. The summed E-state index contributed by atoms with van der Waals surface area (Å²) in [5.41, 5.74) is 9.12. The van der Waals surface area contributed by atoms with Crippen LogP contribution >= 0.6 is 15.9 Å². The van der Waals surface area contributed by atoms with Crippen LogP contribution in [-0.4, -0.2) is 0 Å². The summed E-state index contributed by atoms with van der Waals surface area (Å²) in [4.78, 5) is 0. The van der Waals surface area contributed by atoms with Crippen molar-refractivity contribution in [1.29, 1.82) is 0 Å². The molecule has 0 aliphatic carbocycles. The van der Waals surface area contributed by atoms with Crippen molar-refractivity contribution < 1.29 is 4.74 Å². The summed E-state index contributed by atoms with van der Waals surface area (Å²) >= 11 is 3.39. The molecular formula is C17H20BrNO. The molecule has 0 saturated heterocycles. The molecular weight excluding hydrogens is 314 g/mol. The van der Waals surface area contributed by atoms with Crippen LogP contribution in [0.3, 0.4) is 0 Å². The summed E-state index contributed by atoms with van der Waals surface area (Å²) < 4.78 is 6.70. The van der Waals surface area contributed by atoms with Gasteiger partial charge in [-0.2, -0.15) is 0 Å². The lowest BCUT2D eigenvalue weighted by atomic mass is 9.87. The van der Waals surface area contributed by atoms with Crippen LogP contribution in [0.1, 0.15) is 31.9 Å². The van der Waals surface area contributed by atoms with E-state index in [4.69, 9.17) is 10.5 Å². The number of rotatable bonds is 3. The second-order valence-electron chi connectivity index (χ2n) is 5.92. The highest BCUT2D eigenvalue weighted by Gasteiger charge is 2.12. The molecule has 0 saturated carbocycles. The van der Waals surface area contributed by atoms with Crippen molar-refractivity contribution in [3.05, 3.63) is 58.1 Å². The maximum atomic E-state index is 5.85. The molecule has 0 spiro atoms. The molecule has 0 aliphatic rings. The number of halogens is 1. The molecule has 2 N–H and O–H groups in total. The minimum atomic E-state index is 0.165. The van der Waals surface area contributed by atoms with Crippen LogP contribution in [-0.2, 0) is 12.0 Å². The second kappa shape index (κ2) is 5.88. The van der Waals surface area contributed by atoms with Gasteiger partial charge in [-0.1, -0.05) is 39.0 Å². The predicted octanol–water partition coefficient (Wildman–Crippen LogP) is 4.91. The summed E-state index contributed by atoms with van der Waals surface area (Å²) in [5, 5.41) is 0. The summed E-state index contributed by atoms with van der Waals surface area (Å²) in [7, 11) is 0. The zero-order valence-corrected chi connectivity index (χ0v) is 13.7. The maximum absolute atomic E-state index is 5.85. The predicted molar refractivity (Wildman–Crippen MR) is 88.0 cm³/mol. The van der Waals surface area contributed by atoms with E-state index in [1.165, 1.54) is 5.56 Å². The molecule has 0 aromatic heterocycles. The third-order valence-corrected chi connectivity index (χ3v) is 3.91. The quantitative estimate of drug-likeness (QED) is 0.810. The Balaban J connectivity index is 2.02. The molecule has 20 heavy (non-hydrogen) atoms. The summed E-state index contributed by atoms with van der Waals surface area (Å²) in [6, 6.07) is 14.1. The molecule has 2 aromatic carbocycles. The Kier molecular flexibility index (Phi) is 4.39. The summed E-state index contributed by atoms with van der Waals surface area (Å²) in [5.74, 6) is 0.875. The van der Waals surface area contributed by atoms with E-state index in [-0.39, 0.29) is 5.41 Å². The van der Waals surface area contributed by atoms with Gasteiger partial charge in [0.05, 0.1) is 0 Å². The van der Waals surface area contributed by atoms with Gasteiger partial charge in [-0.15, -0.1) is 0 Å². The van der Waals surface area contributed by atoms with Gasteiger partial charge in [-0.25, -0.2) is 0 Å². The summed E-state index contributed by atoms with van der Waals surface area (Å²) in [6.07, 6.45) is 0. The number of hydrogen-bond acceptors (Lipinski definition) is 2. The minimum Gasteiger partial charge on any atom is -0.489 e. The van der Waals surface area contributed by atoms with Crippen molar-refractivity contribution in [2.45, 2.75) is 32.8 Å². The molecule has 2 nitrogen and oxygen atoms in total. The standard InChI is InChI=1S/C17H20BrNO/c1-17(2,3)13-5-7-14(8-6-13)20-11-12-4-9-15(18)16(19)10-12/h4-10H,11,19H2,1-3H3. The second-order valence-corrected chi connectivity index (χ2v) is 6.77. The molecule has 0 amide bonds. The normalized spacial score (nSPS) is 11.4. The van der Waals surface area contributed by atoms with E-state index >= 15 is 0 Å². The van der Waals surface area contributed by atoms with Crippen LogP contribution in [0.5, 0.6) is 5.75 Å². The van der Waals surface area contributed by atoms with Gasteiger partial charge in [-0.3, -0.25) is 0 Å². The average molecular weight is 334 g/mol. The molecule has 0 fully saturated rings. The number of anilines is 1. The van der Waals surface area contributed by atoms with Crippen LogP contribution in [0.25, 0.3) is 0 Å². The monoisotopic (exact) mass is 333 g/mol. The Morgan fingerprint density at radius 3 is 2.25 bits per heavy atom. The van der Waals surface area contributed by atoms with Crippen LogP contribution in [0, 0.1) is 0 Å². The number of benzene rings is 2. The van der Waals surface area contributed by atoms with Gasteiger partial charge in [0.1, 0.15) is 12.4 Å². The Morgan fingerprint density at radius 1 is 1.05 bits per heavy atom. The zero-order valence-electron chi connectivity index (χ0n) is 12.1. The number of nitrogens with two attached hydrogens (primary N) is 1. The van der Waals surface area contributed by atoms with Crippen molar-refractivity contribution in [2.75, 3.05) is 5.73 Å². The lowest BCUT2D eigenvalue weighted by Crippen LogP contribution is -2.10. The van der Waals surface area contributed by atoms with Gasteiger partial charge in [0.2, 0.25) is 0 Å². The molecule has 2 rings (SSSR count). The summed E-state index contributed by atoms with van der Waals surface area (Å²) in [6.45, 7) is 7.13. The molecule has 0 radical (unpaired) electrons. The van der Waals surface area contributed by atoms with Crippen molar-refractivity contribution >= 4 is 21.6 Å². The van der Waals surface area contributed by atoms with E-state index in [0.717, 1.165) is 21.5 Å². The fourth-order valence-electron chi connectivity index (χ4n) is 1.90. The van der Waals surface area contributed by atoms with E-state index < -0.39 is 0 Å². The molecule has 0 aliphatic heterocycles. The van der Waals surface area contributed by atoms with Gasteiger partial charge in [0.15, 0.2) is 0 Å². The number of nitrogen functional groups attached to an aromatic ring is 1. The van der Waals surface area contributed by atoms with E-state index in [1.807, 2.05) is 30.3 Å². The SMILES string of the molecule is CC(C)(C)c1ccc(OCc2ccc(Br)c(N)c2)cc1. The molecule has 0 unspecified atom stereocenters. The fraction of sp³-hybridized carbons (Fsp3) is 0.294. The lowest BCUT2D eigenvalue weighted by Gasteiger charge is -2.19. The highest BCUT2D eigenvalue weighted by atomic mass is 79.9. The van der Waals surface area contributed by atoms with Gasteiger partial charge >= 0.3 is 0 Å². The van der Waals surface area contributed by atoms with Crippen molar-refractivity contribution in [3.8, 4) is 5.75 Å². The first kappa shape index (κ1) is 14.9. The van der Waals surface area contributed by atoms with Gasteiger partial charge < -0.3 is 10.5 Å². The third kappa shape index (κ3) is 3.76. The van der Waals surface area contributed by atoms with E-state index in [1.54, 1.807) is 0 Å². The first-order valence-corrected chi connectivity index (χ1v) is 7.43. The Hall–Kier alpha value is -1.48. The molecule has 3 heteroatoms. The first-order valence-electron chi connectivity index (χ1n) is 6.63. The van der Waals surface area contributed by atoms with Crippen LogP contribution in [0.2, 0.25) is 0 Å². The first-order chi connectivity index (χ1) is 9.36. The third-order valence-electron chi connectivity index (χ3n) is 3.19. The van der Waals surface area contributed by atoms with Crippen molar-refractivity contribution in [1.82, 2.24) is 0 Å². The van der Waals surface area contributed by atoms with E-state index in [2.05, 4.69) is 48.8 Å². The van der Waals surface area contributed by atoms with Crippen molar-refractivity contribution in [2.24, 2.45) is 0 Å². The molecule has 106 valence electrons. The van der Waals surface area contributed by atoms with Crippen LogP contribution in [0.4, 0.5) is 5.69 Å². The minimum absolute atomic E-state index is 0.165. The lowest BCUT2D eigenvalue weighted by molar-refractivity contribution is 0.306. The maximum Gasteiger partial charge on any atom is 0.119 e. The highest BCUT2D eigenvalue weighted by Crippen LogP contribution is 2.25. The number of ether oxygens (including phenoxy) is 1. The number of hydrogen-bond donors (Lipinski definition) is 1. The fourth-order valence-corrected chi connectivity index (χ4v) is 2.15. The largest absolute Gasteiger partial charge is 0.489 e. The smallest absolute Gasteiger partial charge is 0.119 e. The average Bonchev–Trinajstić information content (AvgIpc) is 2.40. The Labute approximate surface area is 129 Å². The van der Waals surface area contributed by atoms with Gasteiger partial charge in [-0.05, 0) is 56.7 Å². The van der Waals surface area contributed by atoms with Crippen LogP contribution in [0.15, 0.2) is 46.9 Å². The molecule has 2 aromatic rings. The molecule has 0 heterocycles. The van der Waals surface area contributed by atoms with Gasteiger partial charge in [0.25, 0.3) is 0 Å². The van der Waals surface area contributed by atoms with Crippen molar-refractivity contribution in [3.63, 3.8) is 0 Å². The Bertz CT molecular complexity index is 585. The molecule has 0 bridgehead atoms. The topological polar surface area (TPSA) is 35.2 Å². The zero-order chi connectivity index (χ0) is 14.8. The Morgan fingerprint density at radius 2 is 1.70 bits per heavy atom. The van der Waals surface area contributed by atoms with E-state index in [0.29, 0.717) is 6.61 Å².